The molecule has 0 saturated carbocycles. The van der Waals surface area contributed by atoms with Gasteiger partial charge in [0.15, 0.2) is 0 Å². The molecule has 20 heavy (non-hydrogen) atoms. The number of aromatic amines is 1. The number of nitrogens with one attached hydrogen (secondary N) is 2. The van der Waals surface area contributed by atoms with Gasteiger partial charge in [0, 0.05) is 13.1 Å². The highest BCUT2D eigenvalue weighted by atomic mass is 16.2. The number of anilines is 2. The van der Waals surface area contributed by atoms with E-state index in [0.717, 1.165) is 18.9 Å². The van der Waals surface area contributed by atoms with Gasteiger partial charge in [-0.3, -0.25) is 10.1 Å². The number of H-pyrrole nitrogens is 1. The highest BCUT2D eigenvalue weighted by molar-refractivity contribution is 6.01. The molecule has 0 unspecified atom stereocenters. The minimum Gasteiger partial charge on any atom is -0.357 e. The van der Waals surface area contributed by atoms with Crippen LogP contribution in [0.3, 0.4) is 0 Å². The van der Waals surface area contributed by atoms with Crippen LogP contribution in [0, 0.1) is 0 Å². The quantitative estimate of drug-likeness (QED) is 0.859. The number of hydrogen-bond donors (Lipinski definition) is 2. The van der Waals surface area contributed by atoms with E-state index in [4.69, 9.17) is 0 Å². The minimum absolute atomic E-state index is 0.139. The second-order valence-electron chi connectivity index (χ2n) is 4.62. The summed E-state index contributed by atoms with van der Waals surface area (Å²) in [5, 5.41) is 15.5. The summed E-state index contributed by atoms with van der Waals surface area (Å²) in [6, 6.07) is 5.43. The van der Waals surface area contributed by atoms with Crippen LogP contribution < -0.4 is 10.2 Å². The van der Waals surface area contributed by atoms with Crippen molar-refractivity contribution in [3.05, 3.63) is 23.9 Å². The molecule has 0 radical (unpaired) electrons. The standard InChI is InChI=1S/C12H15N7O/c20-11(14-12-15-17-18-16-12)9-5-4-6-10(13-9)19-7-2-1-3-8-19/h4-6H,1-3,7-8H2,(H2,14,15,16,17,18,20). The maximum absolute atomic E-state index is 12.0. The first-order valence-corrected chi connectivity index (χ1v) is 6.60. The lowest BCUT2D eigenvalue weighted by atomic mass is 10.1. The average Bonchev–Trinajstić information content (AvgIpc) is 3.01. The number of tetrazole rings is 1. The van der Waals surface area contributed by atoms with Crippen molar-refractivity contribution in [1.29, 1.82) is 0 Å². The topological polar surface area (TPSA) is 99.7 Å². The van der Waals surface area contributed by atoms with Crippen LogP contribution in [-0.2, 0) is 0 Å². The third-order valence-electron chi connectivity index (χ3n) is 3.22. The Morgan fingerprint density at radius 3 is 2.85 bits per heavy atom. The van der Waals surface area contributed by atoms with Crippen molar-refractivity contribution in [1.82, 2.24) is 25.6 Å². The van der Waals surface area contributed by atoms with Gasteiger partial charge in [0.1, 0.15) is 11.5 Å². The van der Waals surface area contributed by atoms with Gasteiger partial charge < -0.3 is 4.90 Å². The van der Waals surface area contributed by atoms with E-state index in [1.165, 1.54) is 19.3 Å². The molecule has 2 N–H and O–H groups in total. The highest BCUT2D eigenvalue weighted by Crippen LogP contribution is 2.17. The van der Waals surface area contributed by atoms with Crippen molar-refractivity contribution < 1.29 is 4.79 Å². The first-order valence-electron chi connectivity index (χ1n) is 6.60. The zero-order chi connectivity index (χ0) is 13.8. The molecule has 0 aromatic carbocycles. The monoisotopic (exact) mass is 273 g/mol. The summed E-state index contributed by atoms with van der Waals surface area (Å²) in [6.07, 6.45) is 3.59. The predicted molar refractivity (Wildman–Crippen MR) is 72.4 cm³/mol. The number of amides is 1. The van der Waals surface area contributed by atoms with Crippen LogP contribution in [0.1, 0.15) is 29.8 Å². The number of carbonyl (C=O) groups is 1. The van der Waals surface area contributed by atoms with Gasteiger partial charge in [0.25, 0.3) is 11.9 Å². The smallest absolute Gasteiger partial charge is 0.276 e. The molecule has 2 aromatic rings. The lowest BCUT2D eigenvalue weighted by Crippen LogP contribution is -2.30. The Labute approximate surface area is 115 Å². The molecule has 3 rings (SSSR count). The largest absolute Gasteiger partial charge is 0.357 e. The summed E-state index contributed by atoms with van der Waals surface area (Å²) in [4.78, 5) is 18.6. The summed E-state index contributed by atoms with van der Waals surface area (Å²) < 4.78 is 0. The van der Waals surface area contributed by atoms with E-state index in [0.29, 0.717) is 5.69 Å². The number of rotatable bonds is 3. The molecule has 1 fully saturated rings. The van der Waals surface area contributed by atoms with Gasteiger partial charge in [0.2, 0.25) is 0 Å². The number of hydrogen-bond acceptors (Lipinski definition) is 6. The predicted octanol–water partition coefficient (Wildman–Crippen LogP) is 0.837. The van der Waals surface area contributed by atoms with Crippen LogP contribution in [0.25, 0.3) is 0 Å². The van der Waals surface area contributed by atoms with Gasteiger partial charge >= 0.3 is 0 Å². The molecule has 1 aliphatic heterocycles. The van der Waals surface area contributed by atoms with Crippen molar-refractivity contribution in [2.45, 2.75) is 19.3 Å². The molecule has 8 nitrogen and oxygen atoms in total. The average molecular weight is 273 g/mol. The summed E-state index contributed by atoms with van der Waals surface area (Å²) in [7, 11) is 0. The summed E-state index contributed by atoms with van der Waals surface area (Å²) in [5.74, 6) is 0.635. The Morgan fingerprint density at radius 2 is 2.10 bits per heavy atom. The number of piperidine rings is 1. The summed E-state index contributed by atoms with van der Waals surface area (Å²) in [5.41, 5.74) is 0.345. The Hall–Kier alpha value is -2.51. The van der Waals surface area contributed by atoms with Crippen LogP contribution in [0.15, 0.2) is 18.2 Å². The normalized spacial score (nSPS) is 15.1. The number of pyridine rings is 1. The van der Waals surface area contributed by atoms with Crippen molar-refractivity contribution in [2.24, 2.45) is 0 Å². The van der Waals surface area contributed by atoms with E-state index in [-0.39, 0.29) is 11.9 Å². The van der Waals surface area contributed by atoms with Crippen LogP contribution in [0.5, 0.6) is 0 Å². The molecule has 3 heterocycles. The third kappa shape index (κ3) is 2.73. The van der Waals surface area contributed by atoms with Gasteiger partial charge in [0.05, 0.1) is 0 Å². The van der Waals surface area contributed by atoms with Gasteiger partial charge in [-0.05, 0) is 36.6 Å². The van der Waals surface area contributed by atoms with Crippen molar-refractivity contribution in [2.75, 3.05) is 23.3 Å². The molecule has 1 aliphatic rings. The van der Waals surface area contributed by atoms with Crippen LogP contribution >= 0.6 is 0 Å². The fraction of sp³-hybridized carbons (Fsp3) is 0.417. The van der Waals surface area contributed by atoms with Crippen molar-refractivity contribution >= 4 is 17.7 Å². The fourth-order valence-electron chi connectivity index (χ4n) is 2.23. The zero-order valence-electron chi connectivity index (χ0n) is 10.9. The van der Waals surface area contributed by atoms with E-state index in [1.54, 1.807) is 6.07 Å². The van der Waals surface area contributed by atoms with E-state index >= 15 is 0 Å². The zero-order valence-corrected chi connectivity index (χ0v) is 10.9. The molecule has 2 aromatic heterocycles. The number of nitrogens with zero attached hydrogens (tertiary/aromatic N) is 5. The SMILES string of the molecule is O=C(Nc1nn[nH]n1)c1cccc(N2CCCCC2)n1. The minimum atomic E-state index is -0.342. The molecule has 1 saturated heterocycles. The molecule has 8 heteroatoms. The first kappa shape index (κ1) is 12.5. The third-order valence-corrected chi connectivity index (χ3v) is 3.22. The maximum atomic E-state index is 12.0. The van der Waals surface area contributed by atoms with Crippen LogP contribution in [0.2, 0.25) is 0 Å². The fourth-order valence-corrected chi connectivity index (χ4v) is 2.23. The lowest BCUT2D eigenvalue weighted by Gasteiger charge is -2.27. The number of aromatic nitrogens is 5. The second kappa shape index (κ2) is 5.64. The van der Waals surface area contributed by atoms with Gasteiger partial charge in [-0.15, -0.1) is 5.10 Å². The first-order chi connectivity index (χ1) is 9.83. The Bertz CT molecular complexity index is 577. The maximum Gasteiger partial charge on any atom is 0.276 e. The molecule has 0 atom stereocenters. The van der Waals surface area contributed by atoms with E-state index in [2.05, 4.69) is 35.8 Å². The van der Waals surface area contributed by atoms with Crippen LogP contribution in [-0.4, -0.2) is 44.6 Å². The van der Waals surface area contributed by atoms with Gasteiger partial charge in [-0.2, -0.15) is 5.21 Å². The van der Waals surface area contributed by atoms with Gasteiger partial charge in [-0.25, -0.2) is 4.98 Å². The van der Waals surface area contributed by atoms with Gasteiger partial charge in [-0.1, -0.05) is 11.2 Å². The van der Waals surface area contributed by atoms with E-state index < -0.39 is 0 Å². The molecule has 0 spiro atoms. The molecule has 0 bridgehead atoms. The van der Waals surface area contributed by atoms with Crippen LogP contribution in [0.4, 0.5) is 11.8 Å². The Kier molecular flexibility index (Phi) is 3.53. The van der Waals surface area contributed by atoms with Crippen molar-refractivity contribution in [3.8, 4) is 0 Å². The molecule has 0 aliphatic carbocycles. The molecular weight excluding hydrogens is 258 g/mol. The second-order valence-corrected chi connectivity index (χ2v) is 4.62. The van der Waals surface area contributed by atoms with E-state index in [1.807, 2.05) is 12.1 Å². The highest BCUT2D eigenvalue weighted by Gasteiger charge is 2.15. The molecular formula is C12H15N7O. The lowest BCUT2D eigenvalue weighted by molar-refractivity contribution is 0.102. The Morgan fingerprint density at radius 1 is 1.25 bits per heavy atom. The molecule has 104 valence electrons. The number of carbonyl (C=O) groups excluding carboxylic acids is 1. The van der Waals surface area contributed by atoms with Crippen molar-refractivity contribution in [3.63, 3.8) is 0 Å². The Balaban J connectivity index is 1.74. The summed E-state index contributed by atoms with van der Waals surface area (Å²) >= 11 is 0. The molecule has 1 amide bonds. The van der Waals surface area contributed by atoms with E-state index in [9.17, 15) is 4.79 Å². The summed E-state index contributed by atoms with van der Waals surface area (Å²) in [6.45, 7) is 1.98.